The van der Waals surface area contributed by atoms with Crippen molar-refractivity contribution < 1.29 is 14.9 Å². The number of rotatable bonds is 6. The van der Waals surface area contributed by atoms with E-state index in [1.165, 1.54) is 0 Å². The third kappa shape index (κ3) is 5.09. The molecule has 18 heavy (non-hydrogen) atoms. The Morgan fingerprint density at radius 3 is 2.44 bits per heavy atom. The van der Waals surface area contributed by atoms with Crippen molar-refractivity contribution in [1.29, 1.82) is 0 Å². The molecule has 0 aliphatic carbocycles. The molecule has 0 aromatic rings. The minimum Gasteiger partial charge on any atom is -0.393 e. The summed E-state index contributed by atoms with van der Waals surface area (Å²) in [5, 5.41) is 18.9. The fourth-order valence-electron chi connectivity index (χ4n) is 2.40. The van der Waals surface area contributed by atoms with E-state index in [-0.39, 0.29) is 17.8 Å². The number of hydrogen-bond acceptors (Lipinski definition) is 3. The first-order valence-electron chi connectivity index (χ1n) is 7.02. The van der Waals surface area contributed by atoms with Crippen LogP contribution in [0, 0.1) is 11.8 Å². The minimum absolute atomic E-state index is 0.236. The van der Waals surface area contributed by atoms with Crippen molar-refractivity contribution in [3.8, 4) is 0 Å². The highest BCUT2D eigenvalue weighted by Crippen LogP contribution is 2.29. The normalized spacial score (nSPS) is 32.3. The van der Waals surface area contributed by atoms with Crippen LogP contribution in [0.5, 0.6) is 0 Å². The van der Waals surface area contributed by atoms with E-state index in [0.29, 0.717) is 24.9 Å². The molecule has 4 atom stereocenters. The maximum Gasteiger partial charge on any atom is 0.0861 e. The van der Waals surface area contributed by atoms with Crippen LogP contribution in [0.1, 0.15) is 47.0 Å². The highest BCUT2D eigenvalue weighted by atomic mass is 16.5. The molecule has 0 aromatic heterocycles. The van der Waals surface area contributed by atoms with E-state index in [9.17, 15) is 10.2 Å². The summed E-state index contributed by atoms with van der Waals surface area (Å²) in [6.07, 6.45) is 6.21. The molecular weight excluding hydrogens is 228 g/mol. The van der Waals surface area contributed by atoms with Crippen LogP contribution < -0.4 is 0 Å². The summed E-state index contributed by atoms with van der Waals surface area (Å²) in [4.78, 5) is 0. The van der Waals surface area contributed by atoms with Gasteiger partial charge < -0.3 is 14.9 Å². The van der Waals surface area contributed by atoms with Gasteiger partial charge in [-0.3, -0.25) is 0 Å². The van der Waals surface area contributed by atoms with Crippen LogP contribution in [0.3, 0.4) is 0 Å². The Morgan fingerprint density at radius 1 is 1.33 bits per heavy atom. The summed E-state index contributed by atoms with van der Waals surface area (Å²) in [5.74, 6) is 1.01. The van der Waals surface area contributed by atoms with Crippen molar-refractivity contribution in [2.24, 2.45) is 11.8 Å². The van der Waals surface area contributed by atoms with Crippen LogP contribution in [0.2, 0.25) is 0 Å². The van der Waals surface area contributed by atoms with Crippen molar-refractivity contribution in [3.63, 3.8) is 0 Å². The quantitative estimate of drug-likeness (QED) is 0.718. The second kappa shape index (κ2) is 6.69. The van der Waals surface area contributed by atoms with Crippen LogP contribution in [-0.4, -0.2) is 34.6 Å². The van der Waals surface area contributed by atoms with Gasteiger partial charge in [-0.1, -0.05) is 26.0 Å². The molecule has 1 saturated heterocycles. The molecule has 2 N–H and O–H groups in total. The lowest BCUT2D eigenvalue weighted by atomic mass is 9.88. The van der Waals surface area contributed by atoms with Gasteiger partial charge in [0.15, 0.2) is 0 Å². The number of hydrogen-bond donors (Lipinski definition) is 2. The molecule has 1 aliphatic rings. The van der Waals surface area contributed by atoms with Gasteiger partial charge in [-0.05, 0) is 38.5 Å². The monoisotopic (exact) mass is 256 g/mol. The molecule has 0 saturated carbocycles. The first kappa shape index (κ1) is 15.7. The van der Waals surface area contributed by atoms with Crippen LogP contribution in [0.25, 0.3) is 0 Å². The van der Waals surface area contributed by atoms with Crippen LogP contribution in [0.15, 0.2) is 12.2 Å². The van der Waals surface area contributed by atoms with Crippen molar-refractivity contribution in [1.82, 2.24) is 0 Å². The van der Waals surface area contributed by atoms with Gasteiger partial charge >= 0.3 is 0 Å². The molecule has 106 valence electrons. The van der Waals surface area contributed by atoms with Crippen LogP contribution in [-0.2, 0) is 4.74 Å². The van der Waals surface area contributed by atoms with Crippen LogP contribution >= 0.6 is 0 Å². The molecule has 3 heteroatoms. The second-order valence-electron chi connectivity index (χ2n) is 6.17. The lowest BCUT2D eigenvalue weighted by molar-refractivity contribution is 0.0512. The Labute approximate surface area is 111 Å². The zero-order valence-electron chi connectivity index (χ0n) is 12.1. The molecule has 1 aliphatic heterocycles. The second-order valence-corrected chi connectivity index (χ2v) is 6.17. The summed E-state index contributed by atoms with van der Waals surface area (Å²) < 4.78 is 5.62. The molecule has 0 amide bonds. The van der Waals surface area contributed by atoms with E-state index < -0.39 is 0 Å². The van der Waals surface area contributed by atoms with E-state index in [0.717, 1.165) is 12.8 Å². The molecular formula is C15H28O3. The third-order valence-electron chi connectivity index (χ3n) is 3.72. The molecule has 0 radical (unpaired) electrons. The largest absolute Gasteiger partial charge is 0.393 e. The maximum atomic E-state index is 9.52. The summed E-state index contributed by atoms with van der Waals surface area (Å²) >= 11 is 0. The smallest absolute Gasteiger partial charge is 0.0861 e. The molecule has 1 heterocycles. The standard InChI is InChI=1S/C15H28O3/c1-11(2)13(6-5-12(3)16)7-8-15(4)9-14(17)10-18-15/h7-8,11-14,16-17H,5-6,9-10H2,1-4H3. The van der Waals surface area contributed by atoms with Gasteiger partial charge in [-0.25, -0.2) is 0 Å². The average molecular weight is 256 g/mol. The molecule has 1 rings (SSSR count). The van der Waals surface area contributed by atoms with Gasteiger partial charge in [0.2, 0.25) is 0 Å². The molecule has 1 fully saturated rings. The van der Waals surface area contributed by atoms with Gasteiger partial charge in [-0.2, -0.15) is 0 Å². The lowest BCUT2D eigenvalue weighted by Gasteiger charge is -2.22. The Hall–Kier alpha value is -0.380. The Kier molecular flexibility index (Phi) is 5.83. The Bertz CT molecular complexity index is 273. The SMILES string of the molecule is CC(O)CCC(C=CC1(C)CC(O)CO1)C(C)C. The van der Waals surface area contributed by atoms with Crippen molar-refractivity contribution >= 4 is 0 Å². The van der Waals surface area contributed by atoms with E-state index in [1.54, 1.807) is 0 Å². The van der Waals surface area contributed by atoms with E-state index in [4.69, 9.17) is 4.74 Å². The zero-order chi connectivity index (χ0) is 13.8. The van der Waals surface area contributed by atoms with Gasteiger partial charge in [0.05, 0.1) is 24.4 Å². The summed E-state index contributed by atoms with van der Waals surface area (Å²) in [6, 6.07) is 0. The van der Waals surface area contributed by atoms with Gasteiger partial charge in [0, 0.05) is 6.42 Å². The van der Waals surface area contributed by atoms with Crippen LogP contribution in [0.4, 0.5) is 0 Å². The molecule has 3 nitrogen and oxygen atoms in total. The number of allylic oxidation sites excluding steroid dienone is 1. The lowest BCUT2D eigenvalue weighted by Crippen LogP contribution is -2.21. The highest BCUT2D eigenvalue weighted by molar-refractivity contribution is 5.05. The summed E-state index contributed by atoms with van der Waals surface area (Å²) in [6.45, 7) is 8.68. The van der Waals surface area contributed by atoms with Crippen molar-refractivity contribution in [2.75, 3.05) is 6.61 Å². The molecule has 0 spiro atoms. The molecule has 0 bridgehead atoms. The number of aliphatic hydroxyl groups is 2. The Balaban J connectivity index is 2.54. The summed E-state index contributed by atoms with van der Waals surface area (Å²) in [5.41, 5.74) is -0.322. The first-order valence-corrected chi connectivity index (χ1v) is 7.02. The predicted molar refractivity (Wildman–Crippen MR) is 73.4 cm³/mol. The topological polar surface area (TPSA) is 49.7 Å². The highest BCUT2D eigenvalue weighted by Gasteiger charge is 2.33. The van der Waals surface area contributed by atoms with E-state index >= 15 is 0 Å². The molecule has 0 aromatic carbocycles. The predicted octanol–water partition coefficient (Wildman–Crippen LogP) is 2.52. The third-order valence-corrected chi connectivity index (χ3v) is 3.72. The summed E-state index contributed by atoms with van der Waals surface area (Å²) in [7, 11) is 0. The van der Waals surface area contributed by atoms with Gasteiger partial charge in [-0.15, -0.1) is 0 Å². The number of ether oxygens (including phenoxy) is 1. The van der Waals surface area contributed by atoms with Crippen molar-refractivity contribution in [2.45, 2.75) is 64.8 Å². The van der Waals surface area contributed by atoms with Gasteiger partial charge in [0.1, 0.15) is 0 Å². The molecule has 4 unspecified atom stereocenters. The van der Waals surface area contributed by atoms with Gasteiger partial charge in [0.25, 0.3) is 0 Å². The number of aliphatic hydroxyl groups excluding tert-OH is 2. The zero-order valence-corrected chi connectivity index (χ0v) is 12.1. The fraction of sp³-hybridized carbons (Fsp3) is 0.867. The van der Waals surface area contributed by atoms with E-state index in [2.05, 4.69) is 26.0 Å². The maximum absolute atomic E-state index is 9.52. The average Bonchev–Trinajstić information content (AvgIpc) is 2.58. The first-order chi connectivity index (χ1) is 8.32. The van der Waals surface area contributed by atoms with Crippen molar-refractivity contribution in [3.05, 3.63) is 12.2 Å². The fourth-order valence-corrected chi connectivity index (χ4v) is 2.40. The Morgan fingerprint density at radius 2 is 2.00 bits per heavy atom. The van der Waals surface area contributed by atoms with E-state index in [1.807, 2.05) is 13.8 Å². The minimum atomic E-state index is -0.338.